The number of amides is 1. The molecule has 23 heavy (non-hydrogen) atoms. The van der Waals surface area contributed by atoms with Gasteiger partial charge in [-0.15, -0.1) is 0 Å². The SMILES string of the molecule is COc1ccc(C2=NOC(C(=O)NC3CCN(C)CC3)C2)cc1. The third-order valence-corrected chi connectivity index (χ3v) is 4.45. The Bertz CT molecular complexity index is 577. The summed E-state index contributed by atoms with van der Waals surface area (Å²) >= 11 is 0. The van der Waals surface area contributed by atoms with Crippen molar-refractivity contribution in [1.29, 1.82) is 0 Å². The van der Waals surface area contributed by atoms with Gasteiger partial charge in [0.25, 0.3) is 5.91 Å². The molecule has 0 radical (unpaired) electrons. The molecule has 6 nitrogen and oxygen atoms in total. The number of ether oxygens (including phenoxy) is 1. The molecule has 2 heterocycles. The largest absolute Gasteiger partial charge is 0.497 e. The zero-order valence-corrected chi connectivity index (χ0v) is 13.6. The van der Waals surface area contributed by atoms with Gasteiger partial charge in [0.2, 0.25) is 6.10 Å². The fourth-order valence-electron chi connectivity index (χ4n) is 2.92. The summed E-state index contributed by atoms with van der Waals surface area (Å²) in [5.74, 6) is 0.733. The summed E-state index contributed by atoms with van der Waals surface area (Å²) < 4.78 is 5.14. The minimum absolute atomic E-state index is 0.0631. The molecule has 1 saturated heterocycles. The van der Waals surface area contributed by atoms with E-state index in [0.717, 1.165) is 43.0 Å². The highest BCUT2D eigenvalue weighted by molar-refractivity contribution is 6.04. The Morgan fingerprint density at radius 3 is 2.65 bits per heavy atom. The summed E-state index contributed by atoms with van der Waals surface area (Å²) in [6.45, 7) is 2.04. The van der Waals surface area contributed by atoms with Crippen LogP contribution < -0.4 is 10.1 Å². The van der Waals surface area contributed by atoms with Crippen LogP contribution in [0.25, 0.3) is 0 Å². The van der Waals surface area contributed by atoms with Gasteiger partial charge in [-0.25, -0.2) is 0 Å². The van der Waals surface area contributed by atoms with Crippen molar-refractivity contribution in [1.82, 2.24) is 10.2 Å². The highest BCUT2D eigenvalue weighted by Crippen LogP contribution is 2.20. The van der Waals surface area contributed by atoms with Crippen molar-refractivity contribution in [2.45, 2.75) is 31.4 Å². The standard InChI is InChI=1S/C17H23N3O3/c1-20-9-7-13(8-10-20)18-17(21)16-11-15(19-23-16)12-3-5-14(22-2)6-4-12/h3-6,13,16H,7-11H2,1-2H3,(H,18,21). The van der Waals surface area contributed by atoms with Gasteiger partial charge in [-0.05, 0) is 62.8 Å². The number of methoxy groups -OCH3 is 1. The number of carbonyl (C=O) groups excluding carboxylic acids is 1. The van der Waals surface area contributed by atoms with Crippen molar-refractivity contribution in [3.63, 3.8) is 0 Å². The number of hydrogen-bond donors (Lipinski definition) is 1. The predicted octanol–water partition coefficient (Wildman–Crippen LogP) is 1.40. The molecule has 2 aliphatic heterocycles. The highest BCUT2D eigenvalue weighted by Gasteiger charge is 2.30. The predicted molar refractivity (Wildman–Crippen MR) is 87.7 cm³/mol. The van der Waals surface area contributed by atoms with Crippen LogP contribution in [0.2, 0.25) is 0 Å². The van der Waals surface area contributed by atoms with Gasteiger partial charge in [-0.1, -0.05) is 5.16 Å². The van der Waals surface area contributed by atoms with E-state index in [2.05, 4.69) is 22.4 Å². The van der Waals surface area contributed by atoms with Gasteiger partial charge in [-0.3, -0.25) is 4.79 Å². The lowest BCUT2D eigenvalue weighted by molar-refractivity contribution is -0.132. The van der Waals surface area contributed by atoms with E-state index >= 15 is 0 Å². The molecule has 2 aliphatic rings. The van der Waals surface area contributed by atoms with E-state index in [0.29, 0.717) is 6.42 Å². The van der Waals surface area contributed by atoms with Crippen molar-refractivity contribution < 1.29 is 14.4 Å². The fraction of sp³-hybridized carbons (Fsp3) is 0.529. The van der Waals surface area contributed by atoms with E-state index < -0.39 is 6.10 Å². The number of likely N-dealkylation sites (tertiary alicyclic amines) is 1. The molecule has 1 atom stereocenters. The first kappa shape index (κ1) is 15.8. The number of piperidine rings is 1. The minimum Gasteiger partial charge on any atom is -0.497 e. The summed E-state index contributed by atoms with van der Waals surface area (Å²) in [5, 5.41) is 7.16. The van der Waals surface area contributed by atoms with Crippen molar-refractivity contribution in [2.24, 2.45) is 5.16 Å². The number of nitrogens with one attached hydrogen (secondary N) is 1. The van der Waals surface area contributed by atoms with Crippen molar-refractivity contribution in [3.8, 4) is 5.75 Å². The van der Waals surface area contributed by atoms with Gasteiger partial charge >= 0.3 is 0 Å². The van der Waals surface area contributed by atoms with Crippen LogP contribution >= 0.6 is 0 Å². The maximum absolute atomic E-state index is 12.3. The van der Waals surface area contributed by atoms with Gasteiger partial charge in [0.1, 0.15) is 5.75 Å². The molecular weight excluding hydrogens is 294 g/mol. The van der Waals surface area contributed by atoms with E-state index in [1.807, 2.05) is 24.3 Å². The summed E-state index contributed by atoms with van der Waals surface area (Å²) in [4.78, 5) is 19.9. The van der Waals surface area contributed by atoms with Crippen LogP contribution in [-0.2, 0) is 9.63 Å². The van der Waals surface area contributed by atoms with Gasteiger partial charge in [0, 0.05) is 12.5 Å². The molecule has 1 aromatic rings. The first-order valence-corrected chi connectivity index (χ1v) is 8.02. The molecule has 0 saturated carbocycles. The van der Waals surface area contributed by atoms with Crippen molar-refractivity contribution in [3.05, 3.63) is 29.8 Å². The topological polar surface area (TPSA) is 63.2 Å². The van der Waals surface area contributed by atoms with E-state index in [1.54, 1.807) is 7.11 Å². The van der Waals surface area contributed by atoms with Crippen LogP contribution in [0.15, 0.2) is 29.4 Å². The Kier molecular flexibility index (Phi) is 4.81. The van der Waals surface area contributed by atoms with Crippen LogP contribution in [0.4, 0.5) is 0 Å². The maximum Gasteiger partial charge on any atom is 0.264 e. The highest BCUT2D eigenvalue weighted by atomic mass is 16.6. The summed E-state index contributed by atoms with van der Waals surface area (Å²) in [6.07, 6.45) is 1.96. The van der Waals surface area contributed by atoms with Crippen molar-refractivity contribution in [2.75, 3.05) is 27.2 Å². The molecule has 0 spiro atoms. The Balaban J connectivity index is 1.52. The fourth-order valence-corrected chi connectivity index (χ4v) is 2.92. The number of rotatable bonds is 4. The molecule has 1 aromatic carbocycles. The second kappa shape index (κ2) is 7.00. The number of carbonyl (C=O) groups is 1. The normalized spacial score (nSPS) is 22.3. The van der Waals surface area contributed by atoms with Gasteiger partial charge < -0.3 is 19.8 Å². The molecule has 0 aliphatic carbocycles. The third-order valence-electron chi connectivity index (χ3n) is 4.45. The van der Waals surface area contributed by atoms with Crippen LogP contribution in [0, 0.1) is 0 Å². The third kappa shape index (κ3) is 3.82. The van der Waals surface area contributed by atoms with Crippen molar-refractivity contribution >= 4 is 11.6 Å². The van der Waals surface area contributed by atoms with E-state index in [1.165, 1.54) is 0 Å². The lowest BCUT2D eigenvalue weighted by Crippen LogP contribution is -2.46. The van der Waals surface area contributed by atoms with E-state index in [9.17, 15) is 4.79 Å². The van der Waals surface area contributed by atoms with Crippen LogP contribution in [0.5, 0.6) is 5.75 Å². The summed E-state index contributed by atoms with van der Waals surface area (Å²) in [6, 6.07) is 7.86. The number of nitrogens with zero attached hydrogens (tertiary/aromatic N) is 2. The molecule has 6 heteroatoms. The summed E-state index contributed by atoms with van der Waals surface area (Å²) in [7, 11) is 3.74. The number of oxime groups is 1. The molecule has 1 amide bonds. The van der Waals surface area contributed by atoms with E-state index in [-0.39, 0.29) is 11.9 Å². The lowest BCUT2D eigenvalue weighted by atomic mass is 10.0. The Morgan fingerprint density at radius 1 is 1.30 bits per heavy atom. The average Bonchev–Trinajstić information content (AvgIpc) is 3.07. The van der Waals surface area contributed by atoms with Crippen LogP contribution in [-0.4, -0.2) is 55.9 Å². The molecule has 0 bridgehead atoms. The molecule has 1 fully saturated rings. The minimum atomic E-state index is -0.522. The summed E-state index contributed by atoms with van der Waals surface area (Å²) in [5.41, 5.74) is 1.76. The molecule has 1 unspecified atom stereocenters. The van der Waals surface area contributed by atoms with Gasteiger partial charge in [0.15, 0.2) is 0 Å². The Morgan fingerprint density at radius 2 is 2.00 bits per heavy atom. The average molecular weight is 317 g/mol. The molecule has 1 N–H and O–H groups in total. The zero-order valence-electron chi connectivity index (χ0n) is 13.6. The quantitative estimate of drug-likeness (QED) is 0.912. The molecule has 124 valence electrons. The molecule has 0 aromatic heterocycles. The van der Waals surface area contributed by atoms with Gasteiger partial charge in [-0.2, -0.15) is 0 Å². The maximum atomic E-state index is 12.3. The monoisotopic (exact) mass is 317 g/mol. The Hall–Kier alpha value is -2.08. The molecule has 3 rings (SSSR count). The van der Waals surface area contributed by atoms with Crippen LogP contribution in [0.1, 0.15) is 24.8 Å². The van der Waals surface area contributed by atoms with Crippen LogP contribution in [0.3, 0.4) is 0 Å². The number of benzene rings is 1. The smallest absolute Gasteiger partial charge is 0.264 e. The number of hydrogen-bond acceptors (Lipinski definition) is 5. The Labute approximate surface area is 136 Å². The second-order valence-electron chi connectivity index (χ2n) is 6.15. The molecular formula is C17H23N3O3. The first-order valence-electron chi connectivity index (χ1n) is 8.02. The van der Waals surface area contributed by atoms with Gasteiger partial charge in [0.05, 0.1) is 12.8 Å². The zero-order chi connectivity index (χ0) is 16.2. The first-order chi connectivity index (χ1) is 11.2. The van der Waals surface area contributed by atoms with E-state index in [4.69, 9.17) is 9.57 Å². The second-order valence-corrected chi connectivity index (χ2v) is 6.15. The lowest BCUT2D eigenvalue weighted by Gasteiger charge is -2.29.